The molecule has 0 unspecified atom stereocenters. The first-order valence-electron chi connectivity index (χ1n) is 9.13. The van der Waals surface area contributed by atoms with E-state index < -0.39 is 0 Å². The summed E-state index contributed by atoms with van der Waals surface area (Å²) in [4.78, 5) is 17.4. The third-order valence-corrected chi connectivity index (χ3v) is 4.95. The standard InChI is InChI=1S/C22H17N7/c1-29(16-2-3-18-15(12-16)4-7-24-18)21-6-9-26-22(28-21)27-20-11-14(13-23)10-19-17(20)5-8-25-19/h2-12,24-25H,1H3,(H,26,27,28). The highest BCUT2D eigenvalue weighted by atomic mass is 15.2. The summed E-state index contributed by atoms with van der Waals surface area (Å²) in [5, 5.41) is 14.7. The lowest BCUT2D eigenvalue weighted by Gasteiger charge is -2.19. The molecule has 0 bridgehead atoms. The summed E-state index contributed by atoms with van der Waals surface area (Å²) < 4.78 is 0. The summed E-state index contributed by atoms with van der Waals surface area (Å²) in [6.07, 6.45) is 5.50. The molecule has 0 radical (unpaired) electrons. The topological polar surface area (TPSA) is 96.4 Å². The fourth-order valence-corrected chi connectivity index (χ4v) is 3.43. The third kappa shape index (κ3) is 3.03. The Labute approximate surface area is 166 Å². The van der Waals surface area contributed by atoms with Crippen LogP contribution in [0.5, 0.6) is 0 Å². The smallest absolute Gasteiger partial charge is 0.229 e. The Balaban J connectivity index is 1.48. The van der Waals surface area contributed by atoms with Crippen molar-refractivity contribution in [2.75, 3.05) is 17.3 Å². The van der Waals surface area contributed by atoms with E-state index >= 15 is 0 Å². The molecule has 0 amide bonds. The molecule has 0 aliphatic heterocycles. The second-order valence-corrected chi connectivity index (χ2v) is 6.75. The molecule has 7 nitrogen and oxygen atoms in total. The maximum atomic E-state index is 9.30. The minimum Gasteiger partial charge on any atom is -0.361 e. The van der Waals surface area contributed by atoms with Crippen LogP contribution in [0.1, 0.15) is 5.56 Å². The van der Waals surface area contributed by atoms with Crippen molar-refractivity contribution < 1.29 is 0 Å². The van der Waals surface area contributed by atoms with E-state index in [2.05, 4.69) is 43.5 Å². The number of aromatic nitrogens is 4. The maximum Gasteiger partial charge on any atom is 0.229 e. The van der Waals surface area contributed by atoms with Crippen LogP contribution >= 0.6 is 0 Å². The van der Waals surface area contributed by atoms with Crippen LogP contribution in [0.2, 0.25) is 0 Å². The van der Waals surface area contributed by atoms with Gasteiger partial charge in [0.15, 0.2) is 0 Å². The Morgan fingerprint density at radius 1 is 1.00 bits per heavy atom. The monoisotopic (exact) mass is 379 g/mol. The molecule has 29 heavy (non-hydrogen) atoms. The van der Waals surface area contributed by atoms with Gasteiger partial charge in [-0.05, 0) is 48.5 Å². The number of nitrogens with zero attached hydrogens (tertiary/aromatic N) is 4. The van der Waals surface area contributed by atoms with Crippen molar-refractivity contribution in [1.29, 1.82) is 5.26 Å². The number of fused-ring (bicyclic) bond motifs is 2. The van der Waals surface area contributed by atoms with Gasteiger partial charge >= 0.3 is 0 Å². The van der Waals surface area contributed by atoms with Gasteiger partial charge < -0.3 is 20.2 Å². The molecule has 3 heterocycles. The van der Waals surface area contributed by atoms with Gasteiger partial charge in [0.25, 0.3) is 0 Å². The molecule has 3 N–H and O–H groups in total. The van der Waals surface area contributed by atoms with Crippen molar-refractivity contribution >= 4 is 44.9 Å². The zero-order chi connectivity index (χ0) is 19.8. The lowest BCUT2D eigenvalue weighted by Crippen LogP contribution is -2.12. The van der Waals surface area contributed by atoms with Crippen molar-refractivity contribution in [3.8, 4) is 6.07 Å². The molecule has 0 spiro atoms. The first kappa shape index (κ1) is 16.8. The number of anilines is 4. The van der Waals surface area contributed by atoms with Crippen molar-refractivity contribution in [3.05, 3.63) is 72.7 Å². The number of hydrogen-bond donors (Lipinski definition) is 3. The van der Waals surface area contributed by atoms with E-state index in [0.717, 1.165) is 39.0 Å². The Kier molecular flexibility index (Phi) is 3.88. The van der Waals surface area contributed by atoms with Crippen LogP contribution in [-0.2, 0) is 0 Å². The predicted molar refractivity (Wildman–Crippen MR) is 115 cm³/mol. The van der Waals surface area contributed by atoms with Crippen LogP contribution in [0.25, 0.3) is 21.8 Å². The van der Waals surface area contributed by atoms with E-state index in [9.17, 15) is 5.26 Å². The summed E-state index contributed by atoms with van der Waals surface area (Å²) in [6.45, 7) is 0. The maximum absolute atomic E-state index is 9.30. The highest BCUT2D eigenvalue weighted by Crippen LogP contribution is 2.29. The van der Waals surface area contributed by atoms with Gasteiger partial charge in [-0.1, -0.05) is 0 Å². The Hall–Kier alpha value is -4.31. The van der Waals surface area contributed by atoms with Gasteiger partial charge in [0.05, 0.1) is 17.3 Å². The largest absolute Gasteiger partial charge is 0.361 e. The number of H-pyrrole nitrogens is 2. The van der Waals surface area contributed by atoms with Crippen molar-refractivity contribution in [3.63, 3.8) is 0 Å². The molecular weight excluding hydrogens is 362 g/mol. The van der Waals surface area contributed by atoms with E-state index in [1.54, 1.807) is 12.3 Å². The molecule has 140 valence electrons. The Morgan fingerprint density at radius 3 is 2.76 bits per heavy atom. The molecule has 0 aliphatic carbocycles. The van der Waals surface area contributed by atoms with Crippen molar-refractivity contribution in [1.82, 2.24) is 19.9 Å². The molecule has 7 heteroatoms. The van der Waals surface area contributed by atoms with Gasteiger partial charge in [0.2, 0.25) is 5.95 Å². The highest BCUT2D eigenvalue weighted by molar-refractivity contribution is 5.94. The summed E-state index contributed by atoms with van der Waals surface area (Å²) in [7, 11) is 1.97. The first-order chi connectivity index (χ1) is 14.2. The summed E-state index contributed by atoms with van der Waals surface area (Å²) >= 11 is 0. The molecule has 5 aromatic rings. The van der Waals surface area contributed by atoms with Crippen molar-refractivity contribution in [2.24, 2.45) is 0 Å². The van der Waals surface area contributed by atoms with Crippen LogP contribution in [-0.4, -0.2) is 27.0 Å². The molecular formula is C22H17N7. The Morgan fingerprint density at radius 2 is 1.86 bits per heavy atom. The SMILES string of the molecule is CN(c1ccc2[nH]ccc2c1)c1ccnc(Nc2cc(C#N)cc3[nH]ccc23)n1. The fourth-order valence-electron chi connectivity index (χ4n) is 3.43. The second-order valence-electron chi connectivity index (χ2n) is 6.75. The molecule has 0 aliphatic rings. The fraction of sp³-hybridized carbons (Fsp3) is 0.0455. The number of nitriles is 1. The van der Waals surface area contributed by atoms with E-state index in [4.69, 9.17) is 0 Å². The minimum absolute atomic E-state index is 0.467. The molecule has 0 saturated carbocycles. The van der Waals surface area contributed by atoms with Gasteiger partial charge in [-0.25, -0.2) is 4.98 Å². The average Bonchev–Trinajstić information content (AvgIpc) is 3.42. The van der Waals surface area contributed by atoms with Crippen LogP contribution in [0.15, 0.2) is 67.1 Å². The molecule has 0 fully saturated rings. The molecule has 0 saturated heterocycles. The molecule has 5 rings (SSSR count). The van der Waals surface area contributed by atoms with Gasteiger partial charge in [0, 0.05) is 53.1 Å². The number of benzene rings is 2. The number of aromatic amines is 2. The second kappa shape index (κ2) is 6.69. The number of rotatable bonds is 4. The molecule has 3 aromatic heterocycles. The minimum atomic E-state index is 0.467. The number of hydrogen-bond acceptors (Lipinski definition) is 5. The normalized spacial score (nSPS) is 10.9. The Bertz CT molecular complexity index is 1370. The van der Waals surface area contributed by atoms with E-state index in [1.807, 2.05) is 54.7 Å². The van der Waals surface area contributed by atoms with Gasteiger partial charge in [-0.3, -0.25) is 0 Å². The van der Waals surface area contributed by atoms with E-state index in [0.29, 0.717) is 11.5 Å². The predicted octanol–water partition coefficient (Wildman–Crippen LogP) is 4.82. The molecule has 0 atom stereocenters. The molecule has 2 aromatic carbocycles. The lowest BCUT2D eigenvalue weighted by atomic mass is 10.1. The third-order valence-electron chi connectivity index (χ3n) is 4.95. The lowest BCUT2D eigenvalue weighted by molar-refractivity contribution is 1.08. The van der Waals surface area contributed by atoms with Gasteiger partial charge in [-0.2, -0.15) is 10.2 Å². The van der Waals surface area contributed by atoms with E-state index in [1.165, 1.54) is 0 Å². The first-order valence-corrected chi connectivity index (χ1v) is 9.13. The van der Waals surface area contributed by atoms with Gasteiger partial charge in [0.1, 0.15) is 5.82 Å². The van der Waals surface area contributed by atoms with Crippen molar-refractivity contribution in [2.45, 2.75) is 0 Å². The van der Waals surface area contributed by atoms with Crippen LogP contribution < -0.4 is 10.2 Å². The van der Waals surface area contributed by atoms with Gasteiger partial charge in [-0.15, -0.1) is 0 Å². The van der Waals surface area contributed by atoms with E-state index in [-0.39, 0.29) is 0 Å². The summed E-state index contributed by atoms with van der Waals surface area (Å²) in [5.74, 6) is 1.23. The highest BCUT2D eigenvalue weighted by Gasteiger charge is 2.11. The quantitative estimate of drug-likeness (QED) is 0.416. The van der Waals surface area contributed by atoms with Crippen LogP contribution in [0, 0.1) is 11.3 Å². The zero-order valence-corrected chi connectivity index (χ0v) is 15.6. The van der Waals surface area contributed by atoms with Crippen LogP contribution in [0.4, 0.5) is 23.1 Å². The summed E-state index contributed by atoms with van der Waals surface area (Å²) in [5.41, 5.74) is 4.37. The number of nitrogens with one attached hydrogen (secondary N) is 3. The summed E-state index contributed by atoms with van der Waals surface area (Å²) in [6, 6.07) is 17.9. The zero-order valence-electron chi connectivity index (χ0n) is 15.6. The average molecular weight is 379 g/mol. The van der Waals surface area contributed by atoms with Crippen LogP contribution in [0.3, 0.4) is 0 Å².